The van der Waals surface area contributed by atoms with Crippen LogP contribution < -0.4 is 0 Å². The number of aliphatic hydroxyl groups excluding tert-OH is 1. The van der Waals surface area contributed by atoms with Crippen LogP contribution in [0.2, 0.25) is 0 Å². The Labute approximate surface area is 158 Å². The molecule has 0 saturated carbocycles. The number of piperazine rings is 1. The van der Waals surface area contributed by atoms with Gasteiger partial charge in [-0.1, -0.05) is 36.4 Å². The second kappa shape index (κ2) is 7.90. The number of H-pyrrole nitrogens is 1. The number of nitrogens with one attached hydrogen (secondary N) is 1. The summed E-state index contributed by atoms with van der Waals surface area (Å²) in [5, 5.41) is 18.4. The molecule has 6 heteroatoms. The van der Waals surface area contributed by atoms with Crippen molar-refractivity contribution in [2.75, 3.05) is 32.7 Å². The lowest BCUT2D eigenvalue weighted by Gasteiger charge is -2.35. The monoisotopic (exact) mass is 364 g/mol. The molecule has 6 nitrogen and oxygen atoms in total. The van der Waals surface area contributed by atoms with Gasteiger partial charge in [-0.25, -0.2) is 0 Å². The molecule has 2 aromatic carbocycles. The number of amides is 1. The fourth-order valence-corrected chi connectivity index (χ4v) is 3.59. The van der Waals surface area contributed by atoms with Crippen molar-refractivity contribution in [3.8, 4) is 0 Å². The van der Waals surface area contributed by atoms with Crippen molar-refractivity contribution < 1.29 is 9.90 Å². The molecule has 0 aliphatic carbocycles. The topological polar surface area (TPSA) is 72.5 Å². The van der Waals surface area contributed by atoms with Gasteiger partial charge < -0.3 is 10.0 Å². The standard InChI is InChI=1S/C21H24N4O2/c26-20(17-4-2-1-3-5-17)15-24-8-10-25(11-9-24)21(27)13-16-6-7-19-18(12-16)14-22-23-19/h1-7,12,14,20,26H,8-11,13,15H2,(H,22,23). The van der Waals surface area contributed by atoms with Crippen molar-refractivity contribution in [3.05, 3.63) is 65.9 Å². The number of hydrogen-bond donors (Lipinski definition) is 2. The maximum absolute atomic E-state index is 12.6. The van der Waals surface area contributed by atoms with Gasteiger partial charge in [-0.05, 0) is 23.3 Å². The largest absolute Gasteiger partial charge is 0.387 e. The van der Waals surface area contributed by atoms with Crippen LogP contribution in [-0.4, -0.2) is 63.7 Å². The number of aromatic amines is 1. The third kappa shape index (κ3) is 4.18. The molecule has 2 N–H and O–H groups in total. The molecule has 140 valence electrons. The average Bonchev–Trinajstić information content (AvgIpc) is 3.17. The number of aromatic nitrogens is 2. The Balaban J connectivity index is 1.28. The number of rotatable bonds is 5. The molecule has 1 saturated heterocycles. The van der Waals surface area contributed by atoms with E-state index in [9.17, 15) is 9.90 Å². The maximum atomic E-state index is 12.6. The van der Waals surface area contributed by atoms with Crippen LogP contribution in [0.4, 0.5) is 0 Å². The Morgan fingerprint density at radius 3 is 2.67 bits per heavy atom. The molecular weight excluding hydrogens is 340 g/mol. The van der Waals surface area contributed by atoms with E-state index < -0.39 is 6.10 Å². The van der Waals surface area contributed by atoms with E-state index in [1.54, 1.807) is 6.20 Å². The molecule has 1 aromatic heterocycles. The predicted octanol–water partition coefficient (Wildman–Crippen LogP) is 1.98. The van der Waals surface area contributed by atoms with Crippen molar-refractivity contribution in [3.63, 3.8) is 0 Å². The van der Waals surface area contributed by atoms with Crippen LogP contribution in [0.25, 0.3) is 10.9 Å². The number of hydrogen-bond acceptors (Lipinski definition) is 4. The van der Waals surface area contributed by atoms with Crippen LogP contribution in [0.1, 0.15) is 17.2 Å². The zero-order valence-corrected chi connectivity index (χ0v) is 15.2. The first-order chi connectivity index (χ1) is 13.2. The summed E-state index contributed by atoms with van der Waals surface area (Å²) < 4.78 is 0. The molecule has 1 aliphatic heterocycles. The molecule has 1 amide bonds. The van der Waals surface area contributed by atoms with Gasteiger partial charge in [-0.15, -0.1) is 0 Å². The van der Waals surface area contributed by atoms with Gasteiger partial charge in [0.05, 0.1) is 24.2 Å². The van der Waals surface area contributed by atoms with E-state index in [1.807, 2.05) is 53.4 Å². The average molecular weight is 364 g/mol. The first kappa shape index (κ1) is 17.7. The van der Waals surface area contributed by atoms with Crippen molar-refractivity contribution in [2.45, 2.75) is 12.5 Å². The smallest absolute Gasteiger partial charge is 0.227 e. The lowest BCUT2D eigenvalue weighted by Crippen LogP contribution is -2.50. The molecule has 1 unspecified atom stereocenters. The summed E-state index contributed by atoms with van der Waals surface area (Å²) in [6.45, 7) is 3.58. The molecule has 0 bridgehead atoms. The zero-order chi connectivity index (χ0) is 18.6. The Bertz CT molecular complexity index is 901. The normalized spacial score (nSPS) is 16.6. The van der Waals surface area contributed by atoms with Crippen LogP contribution in [-0.2, 0) is 11.2 Å². The van der Waals surface area contributed by atoms with E-state index >= 15 is 0 Å². The third-order valence-electron chi connectivity index (χ3n) is 5.20. The minimum absolute atomic E-state index is 0.154. The Morgan fingerprint density at radius 2 is 1.89 bits per heavy atom. The van der Waals surface area contributed by atoms with Crippen molar-refractivity contribution in [1.29, 1.82) is 0 Å². The Hall–Kier alpha value is -2.70. The number of carbonyl (C=O) groups is 1. The maximum Gasteiger partial charge on any atom is 0.227 e. The second-order valence-corrected chi connectivity index (χ2v) is 7.08. The molecule has 0 radical (unpaired) electrons. The Kier molecular flexibility index (Phi) is 5.18. The van der Waals surface area contributed by atoms with Crippen molar-refractivity contribution >= 4 is 16.8 Å². The van der Waals surface area contributed by atoms with E-state index in [0.29, 0.717) is 26.1 Å². The summed E-state index contributed by atoms with van der Waals surface area (Å²) in [5.74, 6) is 0.154. The fourth-order valence-electron chi connectivity index (χ4n) is 3.59. The van der Waals surface area contributed by atoms with Gasteiger partial charge in [0.25, 0.3) is 0 Å². The van der Waals surface area contributed by atoms with Crippen LogP contribution in [0.3, 0.4) is 0 Å². The third-order valence-corrected chi connectivity index (χ3v) is 5.20. The van der Waals surface area contributed by atoms with Gasteiger partial charge in [0.15, 0.2) is 0 Å². The number of carbonyl (C=O) groups excluding carboxylic acids is 1. The molecular formula is C21H24N4O2. The van der Waals surface area contributed by atoms with E-state index in [4.69, 9.17) is 0 Å². The first-order valence-electron chi connectivity index (χ1n) is 9.34. The van der Waals surface area contributed by atoms with Gasteiger partial charge in [-0.2, -0.15) is 5.10 Å². The number of β-amino-alcohol motifs (C(OH)–C–C–N with tert-alkyl or cyclic N) is 1. The van der Waals surface area contributed by atoms with Crippen LogP contribution in [0.15, 0.2) is 54.7 Å². The number of aliphatic hydroxyl groups is 1. The quantitative estimate of drug-likeness (QED) is 0.726. The second-order valence-electron chi connectivity index (χ2n) is 7.08. The summed E-state index contributed by atoms with van der Waals surface area (Å²) in [7, 11) is 0. The van der Waals surface area contributed by atoms with E-state index in [1.165, 1.54) is 0 Å². The number of fused-ring (bicyclic) bond motifs is 1. The highest BCUT2D eigenvalue weighted by molar-refractivity contribution is 5.83. The fraction of sp³-hybridized carbons (Fsp3) is 0.333. The summed E-state index contributed by atoms with van der Waals surface area (Å²) >= 11 is 0. The summed E-state index contributed by atoms with van der Waals surface area (Å²) in [6.07, 6.45) is 1.70. The van der Waals surface area contributed by atoms with Crippen LogP contribution in [0.5, 0.6) is 0 Å². The summed E-state index contributed by atoms with van der Waals surface area (Å²) in [5.41, 5.74) is 2.93. The molecule has 0 spiro atoms. The first-order valence-corrected chi connectivity index (χ1v) is 9.34. The predicted molar refractivity (Wildman–Crippen MR) is 104 cm³/mol. The molecule has 4 rings (SSSR count). The summed E-state index contributed by atoms with van der Waals surface area (Å²) in [4.78, 5) is 16.8. The van der Waals surface area contributed by atoms with Gasteiger partial charge in [0.1, 0.15) is 0 Å². The highest BCUT2D eigenvalue weighted by Gasteiger charge is 2.23. The van der Waals surface area contributed by atoms with Crippen LogP contribution >= 0.6 is 0 Å². The van der Waals surface area contributed by atoms with Crippen molar-refractivity contribution in [2.24, 2.45) is 0 Å². The molecule has 2 heterocycles. The van der Waals surface area contributed by atoms with E-state index in [2.05, 4.69) is 15.1 Å². The highest BCUT2D eigenvalue weighted by atomic mass is 16.3. The lowest BCUT2D eigenvalue weighted by atomic mass is 10.1. The highest BCUT2D eigenvalue weighted by Crippen LogP contribution is 2.17. The van der Waals surface area contributed by atoms with Gasteiger partial charge in [0.2, 0.25) is 5.91 Å². The lowest BCUT2D eigenvalue weighted by molar-refractivity contribution is -0.132. The summed E-state index contributed by atoms with van der Waals surface area (Å²) in [6, 6.07) is 15.7. The molecule has 1 fully saturated rings. The minimum Gasteiger partial charge on any atom is -0.387 e. The van der Waals surface area contributed by atoms with Gasteiger partial charge >= 0.3 is 0 Å². The molecule has 1 atom stereocenters. The zero-order valence-electron chi connectivity index (χ0n) is 15.2. The molecule has 27 heavy (non-hydrogen) atoms. The van der Waals surface area contributed by atoms with E-state index in [-0.39, 0.29) is 5.91 Å². The SMILES string of the molecule is O=C(Cc1ccc2[nH]ncc2c1)N1CCN(CC(O)c2ccccc2)CC1. The molecule has 3 aromatic rings. The van der Waals surface area contributed by atoms with Gasteiger partial charge in [0, 0.05) is 38.1 Å². The molecule has 1 aliphatic rings. The van der Waals surface area contributed by atoms with Crippen molar-refractivity contribution in [1.82, 2.24) is 20.0 Å². The van der Waals surface area contributed by atoms with Crippen LogP contribution in [0, 0.1) is 0 Å². The number of benzene rings is 2. The van der Waals surface area contributed by atoms with Gasteiger partial charge in [-0.3, -0.25) is 14.8 Å². The minimum atomic E-state index is -0.491. The number of nitrogens with zero attached hydrogens (tertiary/aromatic N) is 3. The van der Waals surface area contributed by atoms with E-state index in [0.717, 1.165) is 35.1 Å². The Morgan fingerprint density at radius 1 is 1.11 bits per heavy atom.